The molecule has 0 aromatic heterocycles. The van der Waals surface area contributed by atoms with E-state index in [-0.39, 0.29) is 0 Å². The van der Waals surface area contributed by atoms with Crippen LogP contribution in [0, 0.1) is 0 Å². The molecule has 0 fully saturated rings. The Morgan fingerprint density at radius 3 is 2.00 bits per heavy atom. The molecular formula is C2H6CuN. The molecule has 1 nitrogen and oxygen atoms in total. The quantitative estimate of drug-likeness (QED) is 0.466. The van der Waals surface area contributed by atoms with Crippen molar-refractivity contribution in [3.63, 3.8) is 0 Å². The van der Waals surface area contributed by atoms with Gasteiger partial charge < -0.3 is 0 Å². The minimum absolute atomic E-state index is 0.625. The second-order valence-corrected chi connectivity index (χ2v) is 0.910. The Morgan fingerprint density at radius 2 is 2.00 bits per heavy atom. The molecule has 4 heavy (non-hydrogen) atoms. The van der Waals surface area contributed by atoms with Crippen LogP contribution in [0.2, 0.25) is 5.32 Å². The van der Waals surface area contributed by atoms with Crippen LogP contribution in [0.1, 0.15) is 0 Å². The molecule has 0 saturated heterocycles. The van der Waals surface area contributed by atoms with E-state index in [1.165, 1.54) is 0 Å². The van der Waals surface area contributed by atoms with Gasteiger partial charge in [-0.2, -0.15) is 0 Å². The monoisotopic (exact) mass is 107 g/mol. The van der Waals surface area contributed by atoms with Gasteiger partial charge in [-0.25, -0.2) is 0 Å². The number of nitrogens with two attached hydrogens (primary N) is 1. The zero-order chi connectivity index (χ0) is 3.41. The van der Waals surface area contributed by atoms with Gasteiger partial charge in [0, 0.05) is 0 Å². The summed E-state index contributed by atoms with van der Waals surface area (Å²) in [5.41, 5.74) is 4.92. The van der Waals surface area contributed by atoms with Gasteiger partial charge in [0.05, 0.1) is 0 Å². The van der Waals surface area contributed by atoms with Crippen molar-refractivity contribution in [1.29, 1.82) is 0 Å². The maximum absolute atomic E-state index is 4.92. The van der Waals surface area contributed by atoms with Gasteiger partial charge >= 0.3 is 33.6 Å². The Labute approximate surface area is 34.4 Å². The van der Waals surface area contributed by atoms with Crippen LogP contribution in [0.25, 0.3) is 0 Å². The summed E-state index contributed by atoms with van der Waals surface area (Å²) in [7, 11) is 0. The third-order valence-electron chi connectivity index (χ3n) is 0.0870. The molecule has 0 saturated carbocycles. The zero-order valence-electron chi connectivity index (χ0n) is 2.29. The molecule has 0 aromatic carbocycles. The molecule has 0 heterocycles. The predicted molar refractivity (Wildman–Crippen MR) is 13.9 cm³/mol. The van der Waals surface area contributed by atoms with Gasteiger partial charge in [0.25, 0.3) is 0 Å². The van der Waals surface area contributed by atoms with Gasteiger partial charge in [0.2, 0.25) is 0 Å². The first-order chi connectivity index (χ1) is 1.91. The average Bonchev–Trinajstić information content (AvgIpc) is 1.37. The van der Waals surface area contributed by atoms with Gasteiger partial charge in [0.15, 0.2) is 0 Å². The molecule has 2 N–H and O–H groups in total. The summed E-state index contributed by atoms with van der Waals surface area (Å²) in [5, 5.41) is 0.660. The molecule has 0 radical (unpaired) electrons. The second kappa shape index (κ2) is 3.48. The van der Waals surface area contributed by atoms with Crippen LogP contribution in [-0.2, 0) is 16.0 Å². The van der Waals surface area contributed by atoms with Gasteiger partial charge in [-0.05, 0) is 0 Å². The SMILES string of the molecule is NC[CH2][Cu]. The van der Waals surface area contributed by atoms with Crippen molar-refractivity contribution < 1.29 is 16.0 Å². The normalized spacial score (nSPS) is 7.75. The maximum atomic E-state index is 4.92. The summed E-state index contributed by atoms with van der Waals surface area (Å²) in [6.45, 7) is 0.625. The van der Waals surface area contributed by atoms with Crippen molar-refractivity contribution in [3.8, 4) is 0 Å². The van der Waals surface area contributed by atoms with E-state index in [9.17, 15) is 0 Å². The van der Waals surface area contributed by atoms with Crippen molar-refractivity contribution in [2.45, 2.75) is 5.32 Å². The molecule has 0 aromatic rings. The van der Waals surface area contributed by atoms with E-state index >= 15 is 0 Å². The Balaban J connectivity index is 1.97. The third-order valence-corrected chi connectivity index (χ3v) is 0.359. The summed E-state index contributed by atoms with van der Waals surface area (Å²) in [6, 6.07) is 0. The molecule has 0 aliphatic carbocycles. The summed E-state index contributed by atoms with van der Waals surface area (Å²) < 4.78 is 0. The van der Waals surface area contributed by atoms with Gasteiger partial charge in [-0.3, -0.25) is 0 Å². The Morgan fingerprint density at radius 1 is 1.75 bits per heavy atom. The molecular weight excluding hydrogens is 102 g/mol. The van der Waals surface area contributed by atoms with E-state index < -0.39 is 0 Å². The van der Waals surface area contributed by atoms with E-state index in [1.54, 1.807) is 0 Å². The van der Waals surface area contributed by atoms with Gasteiger partial charge in [-0.15, -0.1) is 0 Å². The number of hydrogen-bond acceptors (Lipinski definition) is 1. The van der Waals surface area contributed by atoms with Crippen LogP contribution in [0.5, 0.6) is 0 Å². The van der Waals surface area contributed by atoms with Crippen molar-refractivity contribution in [1.82, 2.24) is 0 Å². The van der Waals surface area contributed by atoms with E-state index in [2.05, 4.69) is 16.0 Å². The van der Waals surface area contributed by atoms with Crippen molar-refractivity contribution >= 4 is 0 Å². The summed E-state index contributed by atoms with van der Waals surface area (Å²) in [5.74, 6) is 0. The first-order valence-corrected chi connectivity index (χ1v) is 1.79. The first-order valence-electron chi connectivity index (χ1n) is 1.12. The summed E-state index contributed by atoms with van der Waals surface area (Å²) in [4.78, 5) is 0. The van der Waals surface area contributed by atoms with Gasteiger partial charge in [-0.1, -0.05) is 0 Å². The molecule has 0 aliphatic heterocycles. The zero-order valence-corrected chi connectivity index (χ0v) is 3.23. The first kappa shape index (κ1) is 4.48. The topological polar surface area (TPSA) is 26.0 Å². The van der Waals surface area contributed by atoms with E-state index in [4.69, 9.17) is 5.73 Å². The van der Waals surface area contributed by atoms with Crippen LogP contribution >= 0.6 is 0 Å². The Hall–Kier alpha value is 0.479. The van der Waals surface area contributed by atoms with E-state index in [1.807, 2.05) is 0 Å². The standard InChI is InChI=1S/C2H6N.Cu/c1-2-3;/h1-3H2;. The van der Waals surface area contributed by atoms with Crippen LogP contribution in [-0.4, -0.2) is 6.54 Å². The third kappa shape index (κ3) is 2.48. The molecule has 0 amide bonds. The number of hydrogen-bond donors (Lipinski definition) is 1. The summed E-state index contributed by atoms with van der Waals surface area (Å²) >= 11 is 4.55. The molecule has 0 atom stereocenters. The molecule has 30 valence electrons. The van der Waals surface area contributed by atoms with Crippen molar-refractivity contribution in [3.05, 3.63) is 0 Å². The molecule has 0 rings (SSSR count). The van der Waals surface area contributed by atoms with Crippen LogP contribution in [0.3, 0.4) is 0 Å². The average molecular weight is 108 g/mol. The fourth-order valence-corrected chi connectivity index (χ4v) is 0. The fraction of sp³-hybridized carbons (Fsp3) is 1.00. The number of rotatable bonds is 1. The molecule has 2 heteroatoms. The Kier molecular flexibility index (Phi) is 3.90. The summed E-state index contributed by atoms with van der Waals surface area (Å²) in [6.07, 6.45) is 0. The molecule has 0 unspecified atom stereocenters. The van der Waals surface area contributed by atoms with E-state index in [0.717, 1.165) is 0 Å². The van der Waals surface area contributed by atoms with Crippen LogP contribution in [0.15, 0.2) is 0 Å². The van der Waals surface area contributed by atoms with E-state index in [0.29, 0.717) is 11.9 Å². The van der Waals surface area contributed by atoms with Crippen LogP contribution < -0.4 is 5.73 Å². The predicted octanol–water partition coefficient (Wildman–Crippen LogP) is -0.0898. The molecule has 0 bridgehead atoms. The van der Waals surface area contributed by atoms with Crippen molar-refractivity contribution in [2.24, 2.45) is 5.73 Å². The second-order valence-electron chi connectivity index (χ2n) is 0.439. The molecule has 0 aliphatic rings. The van der Waals surface area contributed by atoms with Gasteiger partial charge in [0.1, 0.15) is 0 Å². The van der Waals surface area contributed by atoms with Crippen LogP contribution in [0.4, 0.5) is 0 Å². The minimum atomic E-state index is 0.625. The van der Waals surface area contributed by atoms with Crippen molar-refractivity contribution in [2.75, 3.05) is 6.54 Å². The Bertz CT molecular complexity index is 8.00. The fourth-order valence-electron chi connectivity index (χ4n) is 0. The molecule has 0 spiro atoms.